The minimum absolute atomic E-state index is 0.126. The number of amides is 2. The second-order valence-corrected chi connectivity index (χ2v) is 13.0. The van der Waals surface area contributed by atoms with Crippen molar-refractivity contribution in [3.8, 4) is 0 Å². The van der Waals surface area contributed by atoms with Crippen molar-refractivity contribution in [2.45, 2.75) is 63.3 Å². The summed E-state index contributed by atoms with van der Waals surface area (Å²) in [6, 6.07) is 12.9. The van der Waals surface area contributed by atoms with E-state index in [9.17, 15) is 31.2 Å². The normalized spacial score (nSPS) is 13.2. The average molecular weight is 693 g/mol. The summed E-state index contributed by atoms with van der Waals surface area (Å²) in [6.45, 7) is 4.09. The fourth-order valence-electron chi connectivity index (χ4n) is 4.35. The zero-order valence-electron chi connectivity index (χ0n) is 24.0. The molecule has 3 aromatic rings. The Morgan fingerprint density at radius 3 is 2.05 bits per heavy atom. The van der Waals surface area contributed by atoms with Crippen LogP contribution in [-0.4, -0.2) is 43.8 Å². The monoisotopic (exact) mass is 691 g/mol. The summed E-state index contributed by atoms with van der Waals surface area (Å²) in [6.07, 6.45) is -4.18. The van der Waals surface area contributed by atoms with Crippen molar-refractivity contribution < 1.29 is 31.2 Å². The number of halogens is 6. The molecule has 0 aliphatic rings. The molecule has 238 valence electrons. The van der Waals surface area contributed by atoms with Gasteiger partial charge >= 0.3 is 6.18 Å². The predicted octanol–water partition coefficient (Wildman–Crippen LogP) is 7.58. The first-order valence-electron chi connectivity index (χ1n) is 13.6. The summed E-state index contributed by atoms with van der Waals surface area (Å²) in [5.41, 5.74) is -1.43. The van der Waals surface area contributed by atoms with Crippen molar-refractivity contribution in [2.75, 3.05) is 10.8 Å². The van der Waals surface area contributed by atoms with Crippen LogP contribution in [0.3, 0.4) is 0 Å². The van der Waals surface area contributed by atoms with E-state index in [0.29, 0.717) is 22.4 Å². The van der Waals surface area contributed by atoms with E-state index in [0.717, 1.165) is 17.0 Å². The van der Waals surface area contributed by atoms with Gasteiger partial charge in [0.15, 0.2) is 0 Å². The Hall–Kier alpha value is -2.99. The maximum absolute atomic E-state index is 14.1. The molecule has 0 spiro atoms. The number of sulfonamides is 1. The molecule has 2 unspecified atom stereocenters. The van der Waals surface area contributed by atoms with Gasteiger partial charge in [0.05, 0.1) is 21.2 Å². The number of alkyl halides is 3. The van der Waals surface area contributed by atoms with Crippen molar-refractivity contribution in [3.63, 3.8) is 0 Å². The van der Waals surface area contributed by atoms with Crippen molar-refractivity contribution in [1.82, 2.24) is 10.2 Å². The van der Waals surface area contributed by atoms with Crippen LogP contribution in [0.5, 0.6) is 0 Å². The highest BCUT2D eigenvalue weighted by Crippen LogP contribution is 2.38. The maximum Gasteiger partial charge on any atom is 0.417 e. The Morgan fingerprint density at radius 1 is 0.886 bits per heavy atom. The van der Waals surface area contributed by atoms with E-state index < -0.39 is 56.9 Å². The van der Waals surface area contributed by atoms with Crippen molar-refractivity contribution >= 4 is 62.3 Å². The van der Waals surface area contributed by atoms with Gasteiger partial charge < -0.3 is 10.2 Å². The lowest BCUT2D eigenvalue weighted by Gasteiger charge is -2.34. The molecule has 7 nitrogen and oxygen atoms in total. The van der Waals surface area contributed by atoms with Crippen LogP contribution in [0, 0.1) is 0 Å². The summed E-state index contributed by atoms with van der Waals surface area (Å²) >= 11 is 18.6. The zero-order chi connectivity index (χ0) is 32.8. The van der Waals surface area contributed by atoms with Crippen LogP contribution >= 0.6 is 34.8 Å². The fourth-order valence-corrected chi connectivity index (χ4v) is 6.52. The summed E-state index contributed by atoms with van der Waals surface area (Å²) in [5, 5.41) is 2.59. The molecular weight excluding hydrogens is 662 g/mol. The maximum atomic E-state index is 14.1. The van der Waals surface area contributed by atoms with Gasteiger partial charge in [0.2, 0.25) is 11.8 Å². The van der Waals surface area contributed by atoms with Gasteiger partial charge in [0.25, 0.3) is 10.0 Å². The van der Waals surface area contributed by atoms with Crippen LogP contribution in [0.1, 0.15) is 44.7 Å². The van der Waals surface area contributed by atoms with E-state index in [2.05, 4.69) is 5.32 Å². The van der Waals surface area contributed by atoms with Gasteiger partial charge in [-0.1, -0.05) is 72.9 Å². The molecule has 0 saturated heterocycles. The van der Waals surface area contributed by atoms with Gasteiger partial charge in [-0.15, -0.1) is 0 Å². The Labute approximate surface area is 269 Å². The molecule has 14 heteroatoms. The molecule has 0 heterocycles. The molecule has 1 N–H and O–H groups in total. The molecule has 44 heavy (non-hydrogen) atoms. The summed E-state index contributed by atoms with van der Waals surface area (Å²) in [7, 11) is -4.60. The quantitative estimate of drug-likeness (QED) is 0.212. The molecule has 3 rings (SSSR count). The standard InChI is InChI=1S/C30H31Cl3F3N3O4S/c1-4-19(3)37-29(41)27(5-2)38(17-22-24(31)12-9-13-25(22)32)28(40)18-39(44(42,43)21-10-7-6-8-11-21)20-14-15-26(33)23(16-20)30(34,35)36/h6-16,19,27H,4-5,17-18H2,1-3H3,(H,37,41). The van der Waals surface area contributed by atoms with Crippen molar-refractivity contribution in [3.05, 3.63) is 92.9 Å². The van der Waals surface area contributed by atoms with Crippen molar-refractivity contribution in [1.29, 1.82) is 0 Å². The smallest absolute Gasteiger partial charge is 0.352 e. The minimum atomic E-state index is -4.91. The Bertz CT molecular complexity index is 1570. The number of hydrogen-bond acceptors (Lipinski definition) is 4. The number of nitrogens with one attached hydrogen (secondary N) is 1. The molecule has 3 aromatic carbocycles. The highest BCUT2D eigenvalue weighted by atomic mass is 35.5. The summed E-state index contributed by atoms with van der Waals surface area (Å²) in [4.78, 5) is 28.4. The van der Waals surface area contributed by atoms with Gasteiger partial charge in [0.1, 0.15) is 12.6 Å². The first kappa shape index (κ1) is 35.5. The highest BCUT2D eigenvalue weighted by Gasteiger charge is 2.37. The molecule has 2 amide bonds. The molecule has 0 bridgehead atoms. The molecule has 0 radical (unpaired) electrons. The third-order valence-electron chi connectivity index (χ3n) is 6.93. The lowest BCUT2D eigenvalue weighted by Crippen LogP contribution is -2.53. The van der Waals surface area contributed by atoms with Crippen LogP contribution in [-0.2, 0) is 32.3 Å². The molecule has 0 aliphatic heterocycles. The Morgan fingerprint density at radius 2 is 1.50 bits per heavy atom. The second kappa shape index (κ2) is 14.9. The predicted molar refractivity (Wildman–Crippen MR) is 166 cm³/mol. The van der Waals surface area contributed by atoms with E-state index in [1.807, 2.05) is 6.92 Å². The van der Waals surface area contributed by atoms with Gasteiger partial charge in [-0.05, 0) is 62.2 Å². The van der Waals surface area contributed by atoms with Gasteiger partial charge in [0, 0.05) is 28.2 Å². The molecule has 0 aliphatic carbocycles. The largest absolute Gasteiger partial charge is 0.417 e. The Kier molecular flexibility index (Phi) is 12.0. The van der Waals surface area contributed by atoms with Crippen LogP contribution in [0.4, 0.5) is 18.9 Å². The average Bonchev–Trinajstić information content (AvgIpc) is 2.97. The van der Waals surface area contributed by atoms with Crippen LogP contribution in [0.2, 0.25) is 15.1 Å². The van der Waals surface area contributed by atoms with Gasteiger partial charge in [-0.2, -0.15) is 13.2 Å². The molecule has 2 atom stereocenters. The summed E-state index contributed by atoms with van der Waals surface area (Å²) < 4.78 is 69.7. The number of nitrogens with zero attached hydrogens (tertiary/aromatic N) is 2. The first-order valence-corrected chi connectivity index (χ1v) is 16.2. The number of carbonyl (C=O) groups excluding carboxylic acids is 2. The Balaban J connectivity index is 2.18. The van der Waals surface area contributed by atoms with E-state index in [1.165, 1.54) is 24.3 Å². The van der Waals surface area contributed by atoms with E-state index >= 15 is 0 Å². The topological polar surface area (TPSA) is 86.8 Å². The molecule has 0 fully saturated rings. The minimum Gasteiger partial charge on any atom is -0.352 e. The highest BCUT2D eigenvalue weighted by molar-refractivity contribution is 7.92. The van der Waals surface area contributed by atoms with Gasteiger partial charge in [-0.25, -0.2) is 8.42 Å². The summed E-state index contributed by atoms with van der Waals surface area (Å²) in [5.74, 6) is -1.38. The van der Waals surface area contributed by atoms with Crippen LogP contribution < -0.4 is 9.62 Å². The molecule has 0 saturated carbocycles. The lowest BCUT2D eigenvalue weighted by atomic mass is 10.1. The van der Waals surface area contributed by atoms with E-state index in [1.54, 1.807) is 38.1 Å². The number of rotatable bonds is 12. The van der Waals surface area contributed by atoms with Crippen LogP contribution in [0.15, 0.2) is 71.6 Å². The van der Waals surface area contributed by atoms with Gasteiger partial charge in [-0.3, -0.25) is 13.9 Å². The zero-order valence-corrected chi connectivity index (χ0v) is 27.1. The molecular formula is C30H31Cl3F3N3O4S. The SMILES string of the molecule is CCC(C)NC(=O)C(CC)N(Cc1c(Cl)cccc1Cl)C(=O)CN(c1ccc(Cl)c(C(F)(F)F)c1)S(=O)(=O)c1ccccc1. The number of anilines is 1. The number of benzene rings is 3. The number of hydrogen-bond donors (Lipinski definition) is 1. The third kappa shape index (κ3) is 8.38. The lowest BCUT2D eigenvalue weighted by molar-refractivity contribution is -0.140. The van der Waals surface area contributed by atoms with E-state index in [4.69, 9.17) is 34.8 Å². The fraction of sp³-hybridized carbons (Fsp3) is 0.333. The second-order valence-electron chi connectivity index (χ2n) is 9.95. The van der Waals surface area contributed by atoms with E-state index in [-0.39, 0.29) is 33.9 Å². The number of carbonyl (C=O) groups is 2. The molecule has 0 aromatic heterocycles. The first-order chi connectivity index (χ1) is 20.6. The van der Waals surface area contributed by atoms with Crippen LogP contribution in [0.25, 0.3) is 0 Å². The third-order valence-corrected chi connectivity index (χ3v) is 9.76. The van der Waals surface area contributed by atoms with Crippen molar-refractivity contribution in [2.24, 2.45) is 0 Å².